The minimum absolute atomic E-state index is 0.736. The van der Waals surface area contributed by atoms with Gasteiger partial charge in [0.05, 0.1) is 5.39 Å². The summed E-state index contributed by atoms with van der Waals surface area (Å²) in [5.74, 6) is 1.83. The van der Waals surface area contributed by atoms with Crippen LogP contribution in [0.4, 0.5) is 5.82 Å². The summed E-state index contributed by atoms with van der Waals surface area (Å²) in [5.41, 5.74) is 2.49. The van der Waals surface area contributed by atoms with E-state index in [0.29, 0.717) is 0 Å². The Balaban J connectivity index is 1.29. The topological polar surface area (TPSA) is 41.1 Å². The van der Waals surface area contributed by atoms with Crippen LogP contribution in [0.1, 0.15) is 17.7 Å². The highest BCUT2D eigenvalue weighted by molar-refractivity contribution is 7.17. The van der Waals surface area contributed by atoms with Crippen molar-refractivity contribution in [2.24, 2.45) is 5.92 Å². The summed E-state index contributed by atoms with van der Waals surface area (Å²) in [4.78, 5) is 14.2. The SMILES string of the molecule is c1ccc(-c2csc3ncnc(N4CCC(CNCc5cccs5)CC4)c23)cc1. The van der Waals surface area contributed by atoms with Crippen molar-refractivity contribution in [3.8, 4) is 11.1 Å². The molecule has 0 aliphatic carbocycles. The average Bonchev–Trinajstić information content (AvgIpc) is 3.45. The van der Waals surface area contributed by atoms with Crippen LogP contribution in [0.2, 0.25) is 0 Å². The molecule has 1 aliphatic rings. The number of nitrogens with one attached hydrogen (secondary N) is 1. The normalized spacial score (nSPS) is 15.2. The summed E-state index contributed by atoms with van der Waals surface area (Å²) in [7, 11) is 0. The van der Waals surface area contributed by atoms with Crippen molar-refractivity contribution in [2.45, 2.75) is 19.4 Å². The number of hydrogen-bond donors (Lipinski definition) is 1. The maximum Gasteiger partial charge on any atom is 0.141 e. The van der Waals surface area contributed by atoms with Gasteiger partial charge in [0.15, 0.2) is 0 Å². The lowest BCUT2D eigenvalue weighted by atomic mass is 9.96. The maximum absolute atomic E-state index is 4.72. The van der Waals surface area contributed by atoms with E-state index in [1.165, 1.54) is 34.2 Å². The van der Waals surface area contributed by atoms with E-state index in [4.69, 9.17) is 4.98 Å². The molecule has 148 valence electrons. The highest BCUT2D eigenvalue weighted by Gasteiger charge is 2.23. The molecule has 1 aromatic carbocycles. The average molecular weight is 421 g/mol. The van der Waals surface area contributed by atoms with Gasteiger partial charge in [-0.15, -0.1) is 22.7 Å². The lowest BCUT2D eigenvalue weighted by Gasteiger charge is -2.33. The quantitative estimate of drug-likeness (QED) is 0.452. The van der Waals surface area contributed by atoms with Crippen molar-refractivity contribution >= 4 is 38.7 Å². The van der Waals surface area contributed by atoms with Gasteiger partial charge in [-0.1, -0.05) is 36.4 Å². The fourth-order valence-electron chi connectivity index (χ4n) is 4.09. The third-order valence-electron chi connectivity index (χ3n) is 5.66. The first kappa shape index (κ1) is 18.7. The molecule has 0 atom stereocenters. The second-order valence-electron chi connectivity index (χ2n) is 7.53. The first-order chi connectivity index (χ1) is 14.4. The molecule has 0 radical (unpaired) electrons. The molecule has 29 heavy (non-hydrogen) atoms. The molecule has 1 saturated heterocycles. The van der Waals surface area contributed by atoms with Gasteiger partial charge < -0.3 is 10.2 Å². The number of piperidine rings is 1. The summed E-state index contributed by atoms with van der Waals surface area (Å²) in [5, 5.41) is 9.21. The molecule has 0 unspecified atom stereocenters. The Morgan fingerprint density at radius 1 is 1.00 bits per heavy atom. The Labute approximate surface area is 179 Å². The monoisotopic (exact) mass is 420 g/mol. The predicted octanol–water partition coefficient (Wildman–Crippen LogP) is 5.43. The number of anilines is 1. The molecule has 0 saturated carbocycles. The van der Waals surface area contributed by atoms with Gasteiger partial charge >= 0.3 is 0 Å². The first-order valence-corrected chi connectivity index (χ1v) is 11.9. The van der Waals surface area contributed by atoms with Crippen LogP contribution in [0.25, 0.3) is 21.3 Å². The van der Waals surface area contributed by atoms with Crippen molar-refractivity contribution in [3.63, 3.8) is 0 Å². The molecule has 1 fully saturated rings. The van der Waals surface area contributed by atoms with Gasteiger partial charge in [0.25, 0.3) is 0 Å². The van der Waals surface area contributed by atoms with E-state index in [0.717, 1.165) is 42.7 Å². The molecular formula is C23H24N4S2. The van der Waals surface area contributed by atoms with Crippen LogP contribution >= 0.6 is 22.7 Å². The molecule has 4 heterocycles. The van der Waals surface area contributed by atoms with E-state index in [-0.39, 0.29) is 0 Å². The number of thiophene rings is 2. The zero-order valence-electron chi connectivity index (χ0n) is 16.3. The smallest absolute Gasteiger partial charge is 0.141 e. The van der Waals surface area contributed by atoms with E-state index in [1.807, 2.05) is 11.3 Å². The van der Waals surface area contributed by atoms with Gasteiger partial charge in [0.2, 0.25) is 0 Å². The van der Waals surface area contributed by atoms with Gasteiger partial charge in [-0.3, -0.25) is 0 Å². The highest BCUT2D eigenvalue weighted by atomic mass is 32.1. The van der Waals surface area contributed by atoms with Gasteiger partial charge in [-0.2, -0.15) is 0 Å². The molecule has 0 amide bonds. The van der Waals surface area contributed by atoms with Crippen LogP contribution in [0.3, 0.4) is 0 Å². The van der Waals surface area contributed by atoms with E-state index in [9.17, 15) is 0 Å². The van der Waals surface area contributed by atoms with Crippen molar-refractivity contribution in [1.29, 1.82) is 0 Å². The van der Waals surface area contributed by atoms with Crippen LogP contribution in [0.15, 0.2) is 59.6 Å². The fourth-order valence-corrected chi connectivity index (χ4v) is 5.68. The molecule has 6 heteroatoms. The number of hydrogen-bond acceptors (Lipinski definition) is 6. The molecule has 0 bridgehead atoms. The standard InChI is InChI=1S/C23H24N4S2/c1-2-5-18(6-3-1)20-15-29-23-21(20)22(25-16-26-23)27-10-8-17(9-11-27)13-24-14-19-7-4-12-28-19/h1-7,12,15-17,24H,8-11,13-14H2. The zero-order chi connectivity index (χ0) is 19.5. The molecule has 1 N–H and O–H groups in total. The summed E-state index contributed by atoms with van der Waals surface area (Å²) in [6.07, 6.45) is 4.12. The van der Waals surface area contributed by atoms with E-state index < -0.39 is 0 Å². The Hall–Kier alpha value is -2.28. The molecule has 3 aromatic heterocycles. The van der Waals surface area contributed by atoms with Crippen LogP contribution in [-0.4, -0.2) is 29.6 Å². The lowest BCUT2D eigenvalue weighted by Crippen LogP contribution is -2.37. The first-order valence-electron chi connectivity index (χ1n) is 10.1. The van der Waals surface area contributed by atoms with E-state index in [1.54, 1.807) is 17.7 Å². The third kappa shape index (κ3) is 4.06. The van der Waals surface area contributed by atoms with Gasteiger partial charge in [-0.25, -0.2) is 9.97 Å². The second kappa shape index (κ2) is 8.61. The summed E-state index contributed by atoms with van der Waals surface area (Å²) < 4.78 is 0. The summed E-state index contributed by atoms with van der Waals surface area (Å²) >= 11 is 3.54. The van der Waals surface area contributed by atoms with Crippen molar-refractivity contribution < 1.29 is 0 Å². The van der Waals surface area contributed by atoms with Gasteiger partial charge in [0, 0.05) is 35.5 Å². The number of benzene rings is 1. The molecule has 5 rings (SSSR count). The zero-order valence-corrected chi connectivity index (χ0v) is 17.9. The number of fused-ring (bicyclic) bond motifs is 1. The number of nitrogens with zero attached hydrogens (tertiary/aromatic N) is 3. The minimum Gasteiger partial charge on any atom is -0.356 e. The van der Waals surface area contributed by atoms with Crippen molar-refractivity contribution in [3.05, 3.63) is 64.4 Å². The Morgan fingerprint density at radius 3 is 2.66 bits per heavy atom. The minimum atomic E-state index is 0.736. The number of rotatable bonds is 6. The highest BCUT2D eigenvalue weighted by Crippen LogP contribution is 2.38. The molecule has 4 aromatic rings. The molecule has 4 nitrogen and oxygen atoms in total. The van der Waals surface area contributed by atoms with Crippen molar-refractivity contribution in [1.82, 2.24) is 15.3 Å². The van der Waals surface area contributed by atoms with Crippen LogP contribution in [0.5, 0.6) is 0 Å². The summed E-state index contributed by atoms with van der Waals surface area (Å²) in [6.45, 7) is 4.20. The number of aromatic nitrogens is 2. The molecule has 0 spiro atoms. The molecular weight excluding hydrogens is 396 g/mol. The second-order valence-corrected chi connectivity index (χ2v) is 9.42. The Morgan fingerprint density at radius 2 is 1.86 bits per heavy atom. The lowest BCUT2D eigenvalue weighted by molar-refractivity contribution is 0.382. The van der Waals surface area contributed by atoms with E-state index >= 15 is 0 Å². The van der Waals surface area contributed by atoms with Gasteiger partial charge in [0.1, 0.15) is 17.0 Å². The van der Waals surface area contributed by atoms with E-state index in [2.05, 4.69) is 68.4 Å². The molecule has 1 aliphatic heterocycles. The van der Waals surface area contributed by atoms with Gasteiger partial charge in [-0.05, 0) is 42.3 Å². The van der Waals surface area contributed by atoms with Crippen LogP contribution in [0, 0.1) is 5.92 Å². The summed E-state index contributed by atoms with van der Waals surface area (Å²) in [6, 6.07) is 14.9. The van der Waals surface area contributed by atoms with Crippen LogP contribution < -0.4 is 10.2 Å². The van der Waals surface area contributed by atoms with Crippen LogP contribution in [-0.2, 0) is 6.54 Å². The van der Waals surface area contributed by atoms with Crippen molar-refractivity contribution in [2.75, 3.05) is 24.5 Å². The third-order valence-corrected chi connectivity index (χ3v) is 7.42. The Kier molecular flexibility index (Phi) is 5.56. The largest absolute Gasteiger partial charge is 0.356 e. The fraction of sp³-hybridized carbons (Fsp3) is 0.304. The predicted molar refractivity (Wildman–Crippen MR) is 124 cm³/mol. The Bertz CT molecular complexity index is 1050. The maximum atomic E-state index is 4.72.